The Kier molecular flexibility index (Phi) is 4.70. The van der Waals surface area contributed by atoms with Gasteiger partial charge in [0.15, 0.2) is 9.84 Å². The lowest BCUT2D eigenvalue weighted by Gasteiger charge is -2.29. The molecule has 138 valence electrons. The van der Waals surface area contributed by atoms with Gasteiger partial charge in [-0.05, 0) is 34.9 Å². The summed E-state index contributed by atoms with van der Waals surface area (Å²) < 4.78 is 24.1. The van der Waals surface area contributed by atoms with Crippen molar-refractivity contribution < 1.29 is 13.2 Å². The highest BCUT2D eigenvalue weighted by atomic mass is 32.2. The van der Waals surface area contributed by atoms with Crippen molar-refractivity contribution in [3.63, 3.8) is 0 Å². The predicted molar refractivity (Wildman–Crippen MR) is 107 cm³/mol. The second-order valence-electron chi connectivity index (χ2n) is 6.99. The van der Waals surface area contributed by atoms with Gasteiger partial charge < -0.3 is 4.90 Å². The van der Waals surface area contributed by atoms with E-state index in [1.54, 1.807) is 17.0 Å². The van der Waals surface area contributed by atoms with Gasteiger partial charge in [0.25, 0.3) is 5.91 Å². The molecule has 3 aromatic carbocycles. The third-order valence-electron chi connectivity index (χ3n) is 5.15. The first-order valence-corrected chi connectivity index (χ1v) is 10.9. The van der Waals surface area contributed by atoms with Crippen LogP contribution in [0.3, 0.4) is 0 Å². The fraction of sp³-hybridized carbons (Fsp3) is 0.227. The van der Waals surface area contributed by atoms with Crippen LogP contribution in [0.4, 0.5) is 0 Å². The molecule has 1 aliphatic heterocycles. The molecule has 4 rings (SSSR count). The molecule has 0 N–H and O–H groups in total. The summed E-state index contributed by atoms with van der Waals surface area (Å²) in [6.45, 7) is 0.398. The van der Waals surface area contributed by atoms with Crippen LogP contribution in [0.2, 0.25) is 0 Å². The average molecular weight is 379 g/mol. The Morgan fingerprint density at radius 2 is 1.63 bits per heavy atom. The monoisotopic (exact) mass is 379 g/mol. The topological polar surface area (TPSA) is 54.5 Å². The van der Waals surface area contributed by atoms with E-state index in [1.165, 1.54) is 0 Å². The SMILES string of the molecule is O=C(c1ccccc1)N(Cc1cccc2ccccc12)[C@H]1CCS(=O)(=O)C1. The molecule has 0 aliphatic carbocycles. The number of amides is 1. The van der Waals surface area contributed by atoms with Crippen LogP contribution in [0.15, 0.2) is 72.8 Å². The molecule has 1 saturated heterocycles. The van der Waals surface area contributed by atoms with Crippen molar-refractivity contribution in [3.05, 3.63) is 83.9 Å². The van der Waals surface area contributed by atoms with Gasteiger partial charge in [0.05, 0.1) is 11.5 Å². The highest BCUT2D eigenvalue weighted by Gasteiger charge is 2.35. The number of carbonyl (C=O) groups excluding carboxylic acids is 1. The Labute approximate surface area is 159 Å². The normalized spacial score (nSPS) is 18.4. The van der Waals surface area contributed by atoms with Crippen molar-refractivity contribution in [2.45, 2.75) is 19.0 Å². The molecule has 1 amide bonds. The average Bonchev–Trinajstić information content (AvgIpc) is 3.06. The van der Waals surface area contributed by atoms with Crippen LogP contribution in [0.5, 0.6) is 0 Å². The van der Waals surface area contributed by atoms with Gasteiger partial charge in [-0.3, -0.25) is 4.79 Å². The summed E-state index contributed by atoms with van der Waals surface area (Å²) in [6.07, 6.45) is 0.492. The van der Waals surface area contributed by atoms with Gasteiger partial charge in [-0.1, -0.05) is 60.7 Å². The Morgan fingerprint density at radius 3 is 2.37 bits per heavy atom. The molecule has 0 radical (unpaired) electrons. The number of hydrogen-bond donors (Lipinski definition) is 0. The smallest absolute Gasteiger partial charge is 0.254 e. The summed E-state index contributed by atoms with van der Waals surface area (Å²) in [6, 6.07) is 22.9. The van der Waals surface area contributed by atoms with Crippen LogP contribution in [-0.2, 0) is 16.4 Å². The van der Waals surface area contributed by atoms with Crippen LogP contribution in [0.25, 0.3) is 10.8 Å². The van der Waals surface area contributed by atoms with Crippen LogP contribution < -0.4 is 0 Å². The largest absolute Gasteiger partial charge is 0.330 e. The fourth-order valence-electron chi connectivity index (χ4n) is 3.75. The Morgan fingerprint density at radius 1 is 0.926 bits per heavy atom. The molecule has 1 aliphatic rings. The minimum absolute atomic E-state index is 0.0380. The van der Waals surface area contributed by atoms with Gasteiger partial charge in [-0.2, -0.15) is 0 Å². The standard InChI is InChI=1S/C22H21NO3S/c24-22(18-8-2-1-3-9-18)23(20-13-14-27(25,26)16-20)15-19-11-6-10-17-7-4-5-12-21(17)19/h1-12,20H,13-16H2/t20-/m0/s1. The van der Waals surface area contributed by atoms with E-state index in [1.807, 2.05) is 60.7 Å². The molecular formula is C22H21NO3S. The molecule has 0 spiro atoms. The predicted octanol–water partition coefficient (Wildman–Crippen LogP) is 3.67. The van der Waals surface area contributed by atoms with E-state index in [4.69, 9.17) is 0 Å². The molecule has 5 heteroatoms. The molecule has 1 atom stereocenters. The molecule has 4 nitrogen and oxygen atoms in total. The Balaban J connectivity index is 1.72. The molecular weight excluding hydrogens is 358 g/mol. The van der Waals surface area contributed by atoms with Crippen molar-refractivity contribution in [2.75, 3.05) is 11.5 Å². The van der Waals surface area contributed by atoms with Crippen molar-refractivity contribution in [3.8, 4) is 0 Å². The Hall–Kier alpha value is -2.66. The zero-order chi connectivity index (χ0) is 18.9. The maximum Gasteiger partial charge on any atom is 0.254 e. The first kappa shape index (κ1) is 17.7. The number of carbonyl (C=O) groups is 1. The van der Waals surface area contributed by atoms with Crippen molar-refractivity contribution in [1.82, 2.24) is 4.90 Å². The van der Waals surface area contributed by atoms with Crippen LogP contribution >= 0.6 is 0 Å². The van der Waals surface area contributed by atoms with E-state index in [9.17, 15) is 13.2 Å². The third kappa shape index (κ3) is 3.74. The summed E-state index contributed by atoms with van der Waals surface area (Å²) in [5, 5.41) is 2.20. The summed E-state index contributed by atoms with van der Waals surface area (Å²) >= 11 is 0. The van der Waals surface area contributed by atoms with E-state index in [0.717, 1.165) is 16.3 Å². The van der Waals surface area contributed by atoms with E-state index >= 15 is 0 Å². The quantitative estimate of drug-likeness (QED) is 0.695. The molecule has 0 unspecified atom stereocenters. The van der Waals surface area contributed by atoms with E-state index in [-0.39, 0.29) is 23.5 Å². The molecule has 0 aromatic heterocycles. The molecule has 1 fully saturated rings. The van der Waals surface area contributed by atoms with Gasteiger partial charge in [-0.25, -0.2) is 8.42 Å². The molecule has 0 saturated carbocycles. The summed E-state index contributed by atoms with van der Waals surface area (Å²) in [5.74, 6) is 0.0629. The zero-order valence-electron chi connectivity index (χ0n) is 14.9. The lowest BCUT2D eigenvalue weighted by atomic mass is 10.0. The molecule has 3 aromatic rings. The van der Waals surface area contributed by atoms with Gasteiger partial charge in [0, 0.05) is 18.2 Å². The zero-order valence-corrected chi connectivity index (χ0v) is 15.7. The highest BCUT2D eigenvalue weighted by Crippen LogP contribution is 2.25. The van der Waals surface area contributed by atoms with Gasteiger partial charge in [0.2, 0.25) is 0 Å². The second kappa shape index (κ2) is 7.16. The van der Waals surface area contributed by atoms with Crippen LogP contribution in [0, 0.1) is 0 Å². The second-order valence-corrected chi connectivity index (χ2v) is 9.22. The number of rotatable bonds is 4. The van der Waals surface area contributed by atoms with Crippen LogP contribution in [-0.4, -0.2) is 36.8 Å². The maximum absolute atomic E-state index is 13.2. The lowest BCUT2D eigenvalue weighted by molar-refractivity contribution is 0.0682. The number of hydrogen-bond acceptors (Lipinski definition) is 3. The van der Waals surface area contributed by atoms with E-state index < -0.39 is 9.84 Å². The molecule has 27 heavy (non-hydrogen) atoms. The molecule has 1 heterocycles. The third-order valence-corrected chi connectivity index (χ3v) is 6.90. The Bertz CT molecular complexity index is 1070. The first-order valence-electron chi connectivity index (χ1n) is 9.06. The summed E-state index contributed by atoms with van der Waals surface area (Å²) in [5.41, 5.74) is 1.61. The number of sulfone groups is 1. The lowest BCUT2D eigenvalue weighted by Crippen LogP contribution is -2.40. The van der Waals surface area contributed by atoms with E-state index in [2.05, 4.69) is 0 Å². The minimum atomic E-state index is -3.08. The summed E-state index contributed by atoms with van der Waals surface area (Å²) in [7, 11) is -3.08. The number of fused-ring (bicyclic) bond motifs is 1. The van der Waals surface area contributed by atoms with Crippen LogP contribution in [0.1, 0.15) is 22.3 Å². The maximum atomic E-state index is 13.2. The summed E-state index contributed by atoms with van der Waals surface area (Å²) in [4.78, 5) is 15.0. The van der Waals surface area contributed by atoms with Gasteiger partial charge in [-0.15, -0.1) is 0 Å². The van der Waals surface area contributed by atoms with Gasteiger partial charge in [0.1, 0.15) is 0 Å². The van der Waals surface area contributed by atoms with Gasteiger partial charge >= 0.3 is 0 Å². The highest BCUT2D eigenvalue weighted by molar-refractivity contribution is 7.91. The number of nitrogens with zero attached hydrogens (tertiary/aromatic N) is 1. The molecule has 0 bridgehead atoms. The van der Waals surface area contributed by atoms with E-state index in [0.29, 0.717) is 18.5 Å². The first-order chi connectivity index (χ1) is 13.0. The fourth-order valence-corrected chi connectivity index (χ4v) is 5.48. The minimum Gasteiger partial charge on any atom is -0.330 e. The van der Waals surface area contributed by atoms with Crippen molar-refractivity contribution in [1.29, 1.82) is 0 Å². The van der Waals surface area contributed by atoms with Crippen molar-refractivity contribution >= 4 is 26.5 Å². The van der Waals surface area contributed by atoms with Crippen molar-refractivity contribution in [2.24, 2.45) is 0 Å². The number of benzene rings is 3.